The molecule has 4 rings (SSSR count). The van der Waals surface area contributed by atoms with Crippen molar-refractivity contribution in [3.63, 3.8) is 0 Å². The number of aromatic nitrogens is 2. The maximum Gasteiger partial charge on any atom is 0.259 e. The van der Waals surface area contributed by atoms with Gasteiger partial charge in [-0.15, -0.1) is 0 Å². The van der Waals surface area contributed by atoms with E-state index in [4.69, 9.17) is 0 Å². The van der Waals surface area contributed by atoms with E-state index in [9.17, 15) is 9.18 Å². The van der Waals surface area contributed by atoms with E-state index in [0.29, 0.717) is 34.4 Å². The zero-order chi connectivity index (χ0) is 18.8. The number of hydrogen-bond donors (Lipinski definition) is 1. The molecule has 0 amide bonds. The van der Waals surface area contributed by atoms with Crippen molar-refractivity contribution >= 4 is 10.9 Å². The number of nitrogens with one attached hydrogen (secondary N) is 1. The molecular weight excluding hydrogens is 343 g/mol. The maximum atomic E-state index is 14.7. The topological polar surface area (TPSA) is 52.2 Å². The number of hydrogen-bond acceptors (Lipinski definition) is 4. The summed E-state index contributed by atoms with van der Waals surface area (Å²) in [7, 11) is 0. The highest BCUT2D eigenvalue weighted by Gasteiger charge is 2.17. The van der Waals surface area contributed by atoms with E-state index < -0.39 is 0 Å². The highest BCUT2D eigenvalue weighted by Crippen LogP contribution is 2.21. The van der Waals surface area contributed by atoms with Crippen LogP contribution in [0, 0.1) is 5.82 Å². The molecule has 0 atom stereocenters. The lowest BCUT2D eigenvalue weighted by Crippen LogP contribution is -2.45. The normalized spacial score (nSPS) is 16.1. The predicted octanol–water partition coefficient (Wildman–Crippen LogP) is 2.87. The van der Waals surface area contributed by atoms with Crippen LogP contribution < -0.4 is 5.56 Å². The summed E-state index contributed by atoms with van der Waals surface area (Å²) in [5.41, 5.74) is 1.64. The van der Waals surface area contributed by atoms with E-state index in [1.54, 1.807) is 24.3 Å². The number of rotatable bonds is 4. The molecule has 1 saturated heterocycles. The van der Waals surface area contributed by atoms with Gasteiger partial charge in [-0.3, -0.25) is 9.69 Å². The van der Waals surface area contributed by atoms with Crippen LogP contribution in [0.15, 0.2) is 47.3 Å². The molecule has 5 nitrogen and oxygen atoms in total. The standard InChI is InChI=1S/C21H23FN4O/c1-2-25-9-11-26(12-10-25)14-16-8-7-15(13-18(16)22)20-23-19-6-4-3-5-17(19)21(27)24-20/h3-8,13H,2,9-12,14H2,1H3,(H,23,24,27). The van der Waals surface area contributed by atoms with Gasteiger partial charge in [-0.1, -0.05) is 31.2 Å². The van der Waals surface area contributed by atoms with Gasteiger partial charge in [-0.05, 0) is 24.7 Å². The number of halogens is 1. The summed E-state index contributed by atoms with van der Waals surface area (Å²) in [5, 5.41) is 0.532. The third kappa shape index (κ3) is 3.77. The van der Waals surface area contributed by atoms with Crippen LogP contribution in [0.1, 0.15) is 12.5 Å². The van der Waals surface area contributed by atoms with Gasteiger partial charge < -0.3 is 9.88 Å². The number of para-hydroxylation sites is 1. The van der Waals surface area contributed by atoms with Crippen molar-refractivity contribution in [2.24, 2.45) is 0 Å². The second-order valence-corrected chi connectivity index (χ2v) is 6.95. The summed E-state index contributed by atoms with van der Waals surface area (Å²) in [6.45, 7) is 7.79. The van der Waals surface area contributed by atoms with Crippen LogP contribution >= 0.6 is 0 Å². The molecule has 1 aliphatic rings. The Balaban J connectivity index is 1.56. The molecule has 2 aromatic carbocycles. The van der Waals surface area contributed by atoms with Crippen molar-refractivity contribution in [2.75, 3.05) is 32.7 Å². The first-order valence-electron chi connectivity index (χ1n) is 9.36. The van der Waals surface area contributed by atoms with Crippen LogP contribution in [-0.4, -0.2) is 52.5 Å². The highest BCUT2D eigenvalue weighted by molar-refractivity contribution is 5.79. The Morgan fingerprint density at radius 3 is 2.56 bits per heavy atom. The fourth-order valence-corrected chi connectivity index (χ4v) is 3.55. The lowest BCUT2D eigenvalue weighted by atomic mass is 10.1. The minimum Gasteiger partial charge on any atom is -0.306 e. The summed E-state index contributed by atoms with van der Waals surface area (Å²) in [5.74, 6) is 0.127. The molecule has 0 bridgehead atoms. The van der Waals surface area contributed by atoms with Gasteiger partial charge in [-0.2, -0.15) is 0 Å². The fraction of sp³-hybridized carbons (Fsp3) is 0.333. The molecule has 0 saturated carbocycles. The minimum atomic E-state index is -0.263. The van der Waals surface area contributed by atoms with Gasteiger partial charge in [0.25, 0.3) is 5.56 Å². The number of benzene rings is 2. The molecule has 0 spiro atoms. The van der Waals surface area contributed by atoms with Crippen molar-refractivity contribution in [1.82, 2.24) is 19.8 Å². The van der Waals surface area contributed by atoms with Crippen molar-refractivity contribution in [3.8, 4) is 11.4 Å². The van der Waals surface area contributed by atoms with Crippen molar-refractivity contribution in [3.05, 3.63) is 64.2 Å². The average Bonchev–Trinajstić information content (AvgIpc) is 2.70. The zero-order valence-corrected chi connectivity index (χ0v) is 15.4. The minimum absolute atomic E-state index is 0.214. The first-order chi connectivity index (χ1) is 13.1. The van der Waals surface area contributed by atoms with Crippen molar-refractivity contribution < 1.29 is 4.39 Å². The van der Waals surface area contributed by atoms with Gasteiger partial charge in [0.05, 0.1) is 10.9 Å². The summed E-state index contributed by atoms with van der Waals surface area (Å²) in [4.78, 5) is 24.1. The Bertz CT molecular complexity index is 1010. The van der Waals surface area contributed by atoms with Crippen LogP contribution in [-0.2, 0) is 6.54 Å². The number of piperazine rings is 1. The van der Waals surface area contributed by atoms with Crippen LogP contribution in [0.25, 0.3) is 22.3 Å². The Morgan fingerprint density at radius 2 is 1.81 bits per heavy atom. The molecule has 2 heterocycles. The number of nitrogens with zero attached hydrogens (tertiary/aromatic N) is 3. The van der Waals surface area contributed by atoms with Crippen LogP contribution in [0.2, 0.25) is 0 Å². The Hall–Kier alpha value is -2.57. The van der Waals surface area contributed by atoms with Gasteiger partial charge in [0, 0.05) is 43.9 Å². The van der Waals surface area contributed by atoms with Crippen LogP contribution in [0.3, 0.4) is 0 Å². The molecule has 3 aromatic rings. The Morgan fingerprint density at radius 1 is 1.07 bits per heavy atom. The molecule has 1 fully saturated rings. The lowest BCUT2D eigenvalue weighted by molar-refractivity contribution is 0.131. The van der Waals surface area contributed by atoms with Gasteiger partial charge in [-0.25, -0.2) is 9.37 Å². The molecule has 27 heavy (non-hydrogen) atoms. The van der Waals surface area contributed by atoms with Gasteiger partial charge in [0.15, 0.2) is 0 Å². The Kier molecular flexibility index (Phi) is 5.01. The third-order valence-corrected chi connectivity index (χ3v) is 5.25. The highest BCUT2D eigenvalue weighted by atomic mass is 19.1. The lowest BCUT2D eigenvalue weighted by Gasteiger charge is -2.34. The molecule has 1 N–H and O–H groups in total. The van der Waals surface area contributed by atoms with Gasteiger partial charge in [0.1, 0.15) is 11.6 Å². The monoisotopic (exact) mass is 366 g/mol. The van der Waals surface area contributed by atoms with Gasteiger partial charge in [0.2, 0.25) is 0 Å². The molecular formula is C21H23FN4O. The smallest absolute Gasteiger partial charge is 0.259 e. The van der Waals surface area contributed by atoms with E-state index in [1.807, 2.05) is 12.1 Å². The van der Waals surface area contributed by atoms with Gasteiger partial charge >= 0.3 is 0 Å². The number of fused-ring (bicyclic) bond motifs is 1. The molecule has 0 unspecified atom stereocenters. The molecule has 0 radical (unpaired) electrons. The largest absolute Gasteiger partial charge is 0.306 e. The molecule has 6 heteroatoms. The summed E-state index contributed by atoms with van der Waals surface area (Å²) in [6, 6.07) is 12.2. The second-order valence-electron chi connectivity index (χ2n) is 6.95. The summed E-state index contributed by atoms with van der Waals surface area (Å²) in [6.07, 6.45) is 0. The van der Waals surface area contributed by atoms with Crippen molar-refractivity contribution in [2.45, 2.75) is 13.5 Å². The first-order valence-corrected chi connectivity index (χ1v) is 9.36. The molecule has 1 aliphatic heterocycles. The van der Waals surface area contributed by atoms with E-state index >= 15 is 0 Å². The SMILES string of the molecule is CCN1CCN(Cc2ccc(-c3nc4ccccc4c(=O)[nH]3)cc2F)CC1. The predicted molar refractivity (Wildman–Crippen MR) is 105 cm³/mol. The Labute approximate surface area is 157 Å². The zero-order valence-electron chi connectivity index (χ0n) is 15.4. The molecule has 140 valence electrons. The summed E-state index contributed by atoms with van der Waals surface area (Å²) < 4.78 is 14.7. The maximum absolute atomic E-state index is 14.7. The van der Waals surface area contributed by atoms with Crippen LogP contribution in [0.5, 0.6) is 0 Å². The van der Waals surface area contributed by atoms with Crippen molar-refractivity contribution in [1.29, 1.82) is 0 Å². The van der Waals surface area contributed by atoms with Crippen LogP contribution in [0.4, 0.5) is 4.39 Å². The average molecular weight is 366 g/mol. The van der Waals surface area contributed by atoms with E-state index in [1.165, 1.54) is 6.07 Å². The quantitative estimate of drug-likeness (QED) is 0.771. The van der Waals surface area contributed by atoms with E-state index in [-0.39, 0.29) is 11.4 Å². The molecule has 1 aromatic heterocycles. The second kappa shape index (κ2) is 7.58. The van der Waals surface area contributed by atoms with E-state index in [2.05, 4.69) is 26.7 Å². The number of H-pyrrole nitrogens is 1. The fourth-order valence-electron chi connectivity index (χ4n) is 3.55. The summed E-state index contributed by atoms with van der Waals surface area (Å²) >= 11 is 0. The van der Waals surface area contributed by atoms with E-state index in [0.717, 1.165) is 32.7 Å². The number of aromatic amines is 1. The third-order valence-electron chi connectivity index (χ3n) is 5.25. The first kappa shape index (κ1) is 17.8. The molecule has 0 aliphatic carbocycles. The number of likely N-dealkylation sites (N-methyl/N-ethyl adjacent to an activating group) is 1.